The first-order valence-corrected chi connectivity index (χ1v) is 9.45. The average Bonchev–Trinajstić information content (AvgIpc) is 2.59. The van der Waals surface area contributed by atoms with E-state index in [9.17, 15) is 0 Å². The van der Waals surface area contributed by atoms with E-state index in [1.54, 1.807) is 11.1 Å². The van der Waals surface area contributed by atoms with Crippen molar-refractivity contribution in [2.45, 2.75) is 32.6 Å². The molecule has 1 aromatic rings. The van der Waals surface area contributed by atoms with E-state index >= 15 is 0 Å². The van der Waals surface area contributed by atoms with Gasteiger partial charge in [-0.1, -0.05) is 45.0 Å². The summed E-state index contributed by atoms with van der Waals surface area (Å²) in [4.78, 5) is 1.61. The molecule has 0 unspecified atom stereocenters. The zero-order valence-electron chi connectivity index (χ0n) is 15.6. The molecule has 1 saturated heterocycles. The predicted molar refractivity (Wildman–Crippen MR) is 107 cm³/mol. The van der Waals surface area contributed by atoms with E-state index in [1.807, 2.05) is 0 Å². The second-order valence-electron chi connectivity index (χ2n) is 7.46. The second kappa shape index (κ2) is 9.85. The Morgan fingerprint density at radius 3 is 2.56 bits per heavy atom. The van der Waals surface area contributed by atoms with Crippen molar-refractivity contribution in [1.82, 2.24) is 10.7 Å². The van der Waals surface area contributed by atoms with E-state index in [0.29, 0.717) is 5.11 Å². The molecule has 0 radical (unpaired) electrons. The van der Waals surface area contributed by atoms with Crippen LogP contribution in [0.25, 0.3) is 0 Å². The molecule has 25 heavy (non-hydrogen) atoms. The van der Waals surface area contributed by atoms with Gasteiger partial charge in [-0.2, -0.15) is 5.10 Å². The van der Waals surface area contributed by atoms with Gasteiger partial charge < -0.3 is 15.0 Å². The maximum absolute atomic E-state index is 5.36. The molecule has 0 saturated carbocycles. The highest BCUT2D eigenvalue weighted by molar-refractivity contribution is 7.80. The second-order valence-corrected chi connectivity index (χ2v) is 7.87. The summed E-state index contributed by atoms with van der Waals surface area (Å²) >= 11 is 5.25. The average molecular weight is 364 g/mol. The number of nitrogens with one attached hydrogen (secondary N) is 3. The minimum absolute atomic E-state index is 0.169. The number of hydrogen-bond donors (Lipinski definition) is 3. The summed E-state index contributed by atoms with van der Waals surface area (Å²) < 4.78 is 5.36. The van der Waals surface area contributed by atoms with Crippen molar-refractivity contribution in [3.05, 3.63) is 35.4 Å². The summed E-state index contributed by atoms with van der Waals surface area (Å²) in [6.45, 7) is 12.6. The molecule has 0 aliphatic carbocycles. The fourth-order valence-corrected chi connectivity index (χ4v) is 2.88. The predicted octanol–water partition coefficient (Wildman–Crippen LogP) is 1.09. The van der Waals surface area contributed by atoms with Crippen LogP contribution in [0.4, 0.5) is 0 Å². The van der Waals surface area contributed by atoms with Crippen LogP contribution in [0.2, 0.25) is 0 Å². The number of ether oxygens (including phenoxy) is 1. The van der Waals surface area contributed by atoms with Crippen molar-refractivity contribution in [3.63, 3.8) is 0 Å². The molecular formula is C19H31N4OS+. The van der Waals surface area contributed by atoms with Gasteiger partial charge in [0.25, 0.3) is 0 Å². The van der Waals surface area contributed by atoms with E-state index in [0.717, 1.165) is 51.4 Å². The number of hydrogen-bond acceptors (Lipinski definition) is 3. The van der Waals surface area contributed by atoms with Gasteiger partial charge >= 0.3 is 0 Å². The van der Waals surface area contributed by atoms with Crippen molar-refractivity contribution in [2.75, 3.05) is 39.4 Å². The molecule has 1 aromatic carbocycles. The van der Waals surface area contributed by atoms with E-state index in [2.05, 4.69) is 60.9 Å². The Morgan fingerprint density at radius 1 is 1.24 bits per heavy atom. The number of morpholine rings is 1. The number of nitrogens with zero attached hydrogens (tertiary/aromatic N) is 1. The van der Waals surface area contributed by atoms with Crippen LogP contribution in [-0.4, -0.2) is 50.7 Å². The Labute approximate surface area is 156 Å². The van der Waals surface area contributed by atoms with E-state index in [1.165, 1.54) is 5.56 Å². The minimum atomic E-state index is 0.169. The third-order valence-corrected chi connectivity index (χ3v) is 4.58. The minimum Gasteiger partial charge on any atom is -0.370 e. The third-order valence-electron chi connectivity index (χ3n) is 4.35. The molecule has 3 N–H and O–H groups in total. The lowest BCUT2D eigenvalue weighted by Crippen LogP contribution is -3.14. The summed E-state index contributed by atoms with van der Waals surface area (Å²) in [6.07, 6.45) is 2.88. The number of quaternary nitrogens is 1. The van der Waals surface area contributed by atoms with Gasteiger partial charge in [-0.15, -0.1) is 0 Å². The molecular weight excluding hydrogens is 332 g/mol. The molecule has 1 heterocycles. The first kappa shape index (κ1) is 19.8. The van der Waals surface area contributed by atoms with Crippen LogP contribution in [0.3, 0.4) is 0 Å². The monoisotopic (exact) mass is 363 g/mol. The summed E-state index contributed by atoms with van der Waals surface area (Å²) in [5.41, 5.74) is 5.42. The van der Waals surface area contributed by atoms with Crippen molar-refractivity contribution in [1.29, 1.82) is 0 Å². The Bertz CT molecular complexity index is 560. The van der Waals surface area contributed by atoms with Gasteiger partial charge in [-0.3, -0.25) is 5.43 Å². The Morgan fingerprint density at radius 2 is 1.92 bits per heavy atom. The number of rotatable bonds is 6. The third kappa shape index (κ3) is 7.50. The van der Waals surface area contributed by atoms with Crippen LogP contribution < -0.4 is 15.6 Å². The molecule has 1 aliphatic heterocycles. The maximum Gasteiger partial charge on any atom is 0.186 e. The van der Waals surface area contributed by atoms with Crippen LogP contribution in [-0.2, 0) is 10.2 Å². The zero-order chi connectivity index (χ0) is 18.1. The Balaban J connectivity index is 1.63. The van der Waals surface area contributed by atoms with Gasteiger partial charge in [0.05, 0.1) is 26.0 Å². The molecule has 0 spiro atoms. The normalized spacial score (nSPS) is 16.1. The molecule has 0 atom stereocenters. The van der Waals surface area contributed by atoms with Gasteiger partial charge in [0.1, 0.15) is 13.1 Å². The largest absolute Gasteiger partial charge is 0.370 e. The highest BCUT2D eigenvalue weighted by Crippen LogP contribution is 2.21. The number of hydrazone groups is 1. The van der Waals surface area contributed by atoms with Crippen LogP contribution >= 0.6 is 12.2 Å². The van der Waals surface area contributed by atoms with Gasteiger partial charge in [-0.05, 0) is 28.8 Å². The first-order chi connectivity index (χ1) is 11.9. The Hall–Kier alpha value is -1.50. The summed E-state index contributed by atoms with van der Waals surface area (Å²) in [6, 6.07) is 8.44. The highest BCUT2D eigenvalue weighted by atomic mass is 32.1. The highest BCUT2D eigenvalue weighted by Gasteiger charge is 2.13. The van der Waals surface area contributed by atoms with Crippen molar-refractivity contribution >= 4 is 23.5 Å². The van der Waals surface area contributed by atoms with Crippen LogP contribution in [0.15, 0.2) is 29.4 Å². The lowest BCUT2D eigenvalue weighted by molar-refractivity contribution is -0.908. The molecule has 5 nitrogen and oxygen atoms in total. The summed E-state index contributed by atoms with van der Waals surface area (Å²) in [7, 11) is 0. The van der Waals surface area contributed by atoms with E-state index in [-0.39, 0.29) is 5.41 Å². The Kier molecular flexibility index (Phi) is 7.81. The maximum atomic E-state index is 5.36. The summed E-state index contributed by atoms with van der Waals surface area (Å²) in [5, 5.41) is 7.97. The van der Waals surface area contributed by atoms with Crippen molar-refractivity contribution in [3.8, 4) is 0 Å². The SMILES string of the molecule is CC(C)(C)c1ccc(/C=N\NC(=S)NCCC[NH+]2CCOCC2)cc1. The van der Waals surface area contributed by atoms with E-state index < -0.39 is 0 Å². The van der Waals surface area contributed by atoms with Crippen molar-refractivity contribution < 1.29 is 9.64 Å². The van der Waals surface area contributed by atoms with Gasteiger partial charge in [0.2, 0.25) is 0 Å². The molecule has 0 aromatic heterocycles. The van der Waals surface area contributed by atoms with Gasteiger partial charge in [-0.25, -0.2) is 0 Å². The zero-order valence-corrected chi connectivity index (χ0v) is 16.4. The van der Waals surface area contributed by atoms with Crippen LogP contribution in [0.5, 0.6) is 0 Å². The molecule has 0 amide bonds. The lowest BCUT2D eigenvalue weighted by atomic mass is 9.87. The standard InChI is InChI=1S/C19H30N4OS/c1-19(2,3)17-7-5-16(6-8-17)15-21-22-18(25)20-9-4-10-23-11-13-24-14-12-23/h5-8,15H,4,9-14H2,1-3H3,(H2,20,22,25)/p+1/b21-15-. The fourth-order valence-electron chi connectivity index (χ4n) is 2.72. The molecule has 1 fully saturated rings. The molecule has 0 bridgehead atoms. The van der Waals surface area contributed by atoms with Gasteiger partial charge in [0.15, 0.2) is 5.11 Å². The molecule has 138 valence electrons. The molecule has 6 heteroatoms. The van der Waals surface area contributed by atoms with Crippen LogP contribution in [0.1, 0.15) is 38.3 Å². The smallest absolute Gasteiger partial charge is 0.186 e. The quantitative estimate of drug-likeness (QED) is 0.306. The lowest BCUT2D eigenvalue weighted by Gasteiger charge is -2.23. The summed E-state index contributed by atoms with van der Waals surface area (Å²) in [5.74, 6) is 0. The van der Waals surface area contributed by atoms with Crippen LogP contribution in [0, 0.1) is 0 Å². The van der Waals surface area contributed by atoms with E-state index in [4.69, 9.17) is 17.0 Å². The van der Waals surface area contributed by atoms with Crippen molar-refractivity contribution in [2.24, 2.45) is 5.10 Å². The fraction of sp³-hybridized carbons (Fsp3) is 0.579. The molecule has 2 rings (SSSR count). The first-order valence-electron chi connectivity index (χ1n) is 9.04. The molecule has 1 aliphatic rings. The number of benzene rings is 1. The topological polar surface area (TPSA) is 50.1 Å². The van der Waals surface area contributed by atoms with Gasteiger partial charge in [0, 0.05) is 13.0 Å². The number of thiocarbonyl (C=S) groups is 1.